The van der Waals surface area contributed by atoms with Gasteiger partial charge in [-0.15, -0.1) is 0 Å². The molecule has 0 aliphatic heterocycles. The van der Waals surface area contributed by atoms with E-state index in [4.69, 9.17) is 5.48 Å². The first-order valence-electron chi connectivity index (χ1n) is 23.6. The molecule has 0 spiro atoms. The molecule has 0 radical (unpaired) electrons. The van der Waals surface area contributed by atoms with Gasteiger partial charge in [0.25, 0.3) is 0 Å². The molecular weight excluding hydrogens is 711 g/mol. The minimum Gasteiger partial charge on any atom is -0.310 e. The van der Waals surface area contributed by atoms with Gasteiger partial charge in [-0.25, -0.2) is 0 Å². The van der Waals surface area contributed by atoms with Gasteiger partial charge in [-0.05, 0) is 103 Å². The highest BCUT2D eigenvalue weighted by molar-refractivity contribution is 6.00. The van der Waals surface area contributed by atoms with E-state index in [0.29, 0.717) is 22.5 Å². The Kier molecular flexibility index (Phi) is 6.56. The lowest BCUT2D eigenvalue weighted by Crippen LogP contribution is -2.28. The highest BCUT2D eigenvalue weighted by Crippen LogP contribution is 2.59. The minimum absolute atomic E-state index is 0.0122. The predicted molar refractivity (Wildman–Crippen MR) is 247 cm³/mol. The number of rotatable bonds is 7. The summed E-state index contributed by atoms with van der Waals surface area (Å²) in [4.78, 5) is 1.93. The molecule has 0 atom stereocenters. The molecule has 280 valence electrons. The van der Waals surface area contributed by atoms with Crippen LogP contribution in [-0.2, 0) is 10.8 Å². The minimum atomic E-state index is -1.10. The van der Waals surface area contributed by atoms with Crippen molar-refractivity contribution in [3.8, 4) is 44.5 Å². The summed E-state index contributed by atoms with van der Waals surface area (Å²) in [7, 11) is 0. The topological polar surface area (TPSA) is 3.24 Å². The van der Waals surface area contributed by atoms with E-state index >= 15 is 0 Å². The fraction of sp³-hybridized carbons (Fsp3) is 0.0690. The third-order valence-corrected chi connectivity index (χ3v) is 12.4. The molecule has 0 bridgehead atoms. The fourth-order valence-electron chi connectivity index (χ4n) is 9.69. The second-order valence-corrected chi connectivity index (χ2v) is 15.9. The third-order valence-electron chi connectivity index (χ3n) is 12.4. The van der Waals surface area contributed by atoms with Crippen LogP contribution in [0, 0.1) is 0 Å². The number of hydrogen-bond donors (Lipinski definition) is 0. The first kappa shape index (κ1) is 28.2. The summed E-state index contributed by atoms with van der Waals surface area (Å²) in [5.41, 5.74) is 11.6. The molecule has 2 aliphatic carbocycles. The second kappa shape index (κ2) is 13.7. The van der Waals surface area contributed by atoms with E-state index < -0.39 is 16.9 Å². The van der Waals surface area contributed by atoms with E-state index in [1.54, 1.807) is 0 Å². The molecule has 0 amide bonds. The zero-order chi connectivity index (χ0) is 45.6. The Morgan fingerprint density at radius 2 is 0.949 bits per heavy atom. The van der Waals surface area contributed by atoms with Gasteiger partial charge in [0.05, 0.1) is 20.7 Å². The molecule has 0 saturated carbocycles. The summed E-state index contributed by atoms with van der Waals surface area (Å²) in [5, 5.41) is 0. The van der Waals surface area contributed by atoms with Gasteiger partial charge in [-0.2, -0.15) is 0 Å². The zero-order valence-corrected chi connectivity index (χ0v) is 32.8. The maximum atomic E-state index is 10.2. The number of fused-ring (bicyclic) bond motifs is 6. The lowest BCUT2D eigenvalue weighted by Gasteiger charge is -2.34. The molecule has 0 saturated heterocycles. The van der Waals surface area contributed by atoms with Crippen LogP contribution in [0.15, 0.2) is 224 Å². The van der Waals surface area contributed by atoms with Gasteiger partial charge in [-0.1, -0.05) is 208 Å². The van der Waals surface area contributed by atoms with Gasteiger partial charge < -0.3 is 4.90 Å². The molecule has 0 aromatic heterocycles. The third kappa shape index (κ3) is 5.31. The van der Waals surface area contributed by atoms with E-state index in [1.807, 2.05) is 79.4 Å². The molecule has 0 fully saturated rings. The van der Waals surface area contributed by atoms with Crippen LogP contribution in [0.25, 0.3) is 44.5 Å². The van der Waals surface area contributed by atoms with Crippen LogP contribution >= 0.6 is 0 Å². The smallest absolute Gasteiger partial charge is 0.0713 e. The summed E-state index contributed by atoms with van der Waals surface area (Å²) >= 11 is 0. The average molecular weight is 761 g/mol. The summed E-state index contributed by atoms with van der Waals surface area (Å²) in [6, 6.07) is 61.1. The zero-order valence-electron chi connectivity index (χ0n) is 39.8. The van der Waals surface area contributed by atoms with Crippen LogP contribution in [0.2, 0.25) is 0 Å². The number of nitrogens with zero attached hydrogens (tertiary/aromatic N) is 1. The largest absolute Gasteiger partial charge is 0.310 e. The molecule has 1 nitrogen and oxygen atoms in total. The van der Waals surface area contributed by atoms with Gasteiger partial charge >= 0.3 is 0 Å². The van der Waals surface area contributed by atoms with Crippen molar-refractivity contribution in [1.82, 2.24) is 0 Å². The van der Waals surface area contributed by atoms with Gasteiger partial charge in [0.2, 0.25) is 0 Å². The molecule has 9 aromatic carbocycles. The fourth-order valence-corrected chi connectivity index (χ4v) is 9.69. The van der Waals surface area contributed by atoms with E-state index in [9.17, 15) is 4.11 Å². The molecule has 2 aliphatic rings. The van der Waals surface area contributed by atoms with Gasteiger partial charge in [-0.3, -0.25) is 0 Å². The highest BCUT2D eigenvalue weighted by atomic mass is 15.1. The Labute approximate surface area is 357 Å². The van der Waals surface area contributed by atoms with Crippen LogP contribution in [0.3, 0.4) is 0 Å². The number of hydrogen-bond acceptors (Lipinski definition) is 1. The lowest BCUT2D eigenvalue weighted by atomic mass is 9.67. The Bertz CT molecular complexity index is 3360. The predicted octanol–water partition coefficient (Wildman–Crippen LogP) is 15.2. The van der Waals surface area contributed by atoms with Gasteiger partial charge in [0, 0.05) is 22.4 Å². The summed E-state index contributed by atoms with van der Waals surface area (Å²) in [6.45, 7) is 3.71. The lowest BCUT2D eigenvalue weighted by molar-refractivity contribution is 0.660. The van der Waals surface area contributed by atoms with Crippen molar-refractivity contribution >= 4 is 17.1 Å². The number of benzene rings is 9. The Morgan fingerprint density at radius 1 is 0.390 bits per heavy atom. The van der Waals surface area contributed by atoms with Crippen molar-refractivity contribution in [2.75, 3.05) is 4.90 Å². The molecule has 0 N–H and O–H groups in total. The SMILES string of the molecule is [2H]c1c([2H])c([2H])c2c(c1[2H])-c1c([2H])c([2H])c(N(c3ccc(-c4ccccc4)cc3)c3ccccc3-c3cccc4c3-c3ccccc3C4(c3ccccc3)c3ccccc3)c([2H])c1C2(C)C. The standard InChI is InChI=1S/C58H43N/c1-57(2)51-29-15-12-25-46(51)47-38-37-45(39-54(47)57)59(44-35-33-41(34-36-44)40-19-6-3-7-20-40)55-32-17-14-26-48(55)49-28-18-31-53-56(49)50-27-13-16-30-52(50)58(53,42-21-8-4-9-22-42)43-23-10-5-11-24-43/h3-39H,1-2H3/i12D,15D,25D,29D,37D,38D,39D. The summed E-state index contributed by atoms with van der Waals surface area (Å²) < 4.78 is 65.1. The van der Waals surface area contributed by atoms with Crippen molar-refractivity contribution in [2.24, 2.45) is 0 Å². The molecule has 9 aromatic rings. The highest BCUT2D eigenvalue weighted by Gasteiger charge is 2.47. The van der Waals surface area contributed by atoms with Crippen LogP contribution in [-0.4, -0.2) is 0 Å². The van der Waals surface area contributed by atoms with Crippen LogP contribution < -0.4 is 4.90 Å². The maximum Gasteiger partial charge on any atom is 0.0713 e. The van der Waals surface area contributed by atoms with E-state index in [1.165, 1.54) is 5.56 Å². The van der Waals surface area contributed by atoms with Crippen LogP contribution in [0.5, 0.6) is 0 Å². The van der Waals surface area contributed by atoms with Crippen LogP contribution in [0.1, 0.15) is 56.8 Å². The molecule has 0 unspecified atom stereocenters. The Balaban J connectivity index is 1.21. The van der Waals surface area contributed by atoms with Crippen molar-refractivity contribution in [3.63, 3.8) is 0 Å². The normalized spacial score (nSPS) is 15.5. The van der Waals surface area contributed by atoms with E-state index in [0.717, 1.165) is 50.1 Å². The van der Waals surface area contributed by atoms with Crippen molar-refractivity contribution in [1.29, 1.82) is 0 Å². The number of anilines is 3. The Morgan fingerprint density at radius 3 is 1.68 bits per heavy atom. The van der Waals surface area contributed by atoms with Gasteiger partial charge in [0.15, 0.2) is 0 Å². The average Bonchev–Trinajstić information content (AvgIpc) is 3.80. The molecule has 0 heterocycles. The quantitative estimate of drug-likeness (QED) is 0.156. The van der Waals surface area contributed by atoms with Crippen molar-refractivity contribution in [2.45, 2.75) is 24.7 Å². The van der Waals surface area contributed by atoms with E-state index in [-0.39, 0.29) is 53.1 Å². The number of para-hydroxylation sites is 1. The molecule has 11 rings (SSSR count). The first-order chi connectivity index (χ1) is 32.0. The molecule has 1 heteroatoms. The van der Waals surface area contributed by atoms with Crippen molar-refractivity contribution in [3.05, 3.63) is 258 Å². The van der Waals surface area contributed by atoms with E-state index in [2.05, 4.69) is 121 Å². The van der Waals surface area contributed by atoms with Gasteiger partial charge in [0.1, 0.15) is 0 Å². The summed E-state index contributed by atoms with van der Waals surface area (Å²) in [6.07, 6.45) is 0. The maximum absolute atomic E-state index is 10.2. The van der Waals surface area contributed by atoms with Crippen LogP contribution in [0.4, 0.5) is 17.1 Å². The first-order valence-corrected chi connectivity index (χ1v) is 20.1. The molecular formula is C58H43N. The monoisotopic (exact) mass is 760 g/mol. The Hall–Kier alpha value is -7.22. The van der Waals surface area contributed by atoms with Crippen molar-refractivity contribution < 1.29 is 9.60 Å². The molecule has 59 heavy (non-hydrogen) atoms. The summed E-state index contributed by atoms with van der Waals surface area (Å²) in [5.74, 6) is 0. The second-order valence-electron chi connectivity index (χ2n) is 15.9.